The minimum absolute atomic E-state index is 0.147. The molecule has 1 heterocycles. The van der Waals surface area contributed by atoms with E-state index in [9.17, 15) is 13.2 Å². The Balaban J connectivity index is 2.62. The Labute approximate surface area is 108 Å². The molecule has 2 N–H and O–H groups in total. The van der Waals surface area contributed by atoms with Crippen molar-refractivity contribution in [1.82, 2.24) is 9.97 Å². The Kier molecular flexibility index (Phi) is 3.69. The molecule has 0 spiro atoms. The van der Waals surface area contributed by atoms with Crippen LogP contribution in [0.1, 0.15) is 18.9 Å². The zero-order valence-corrected chi connectivity index (χ0v) is 10.3. The first-order valence-corrected chi connectivity index (χ1v) is 5.78. The molecule has 3 nitrogen and oxygen atoms in total. The van der Waals surface area contributed by atoms with Gasteiger partial charge in [0.25, 0.3) is 0 Å². The van der Waals surface area contributed by atoms with Gasteiger partial charge in [-0.2, -0.15) is 0 Å². The largest absolute Gasteiger partial charge is 0.383 e. The summed E-state index contributed by atoms with van der Waals surface area (Å²) in [5.41, 5.74) is 6.82. The van der Waals surface area contributed by atoms with Gasteiger partial charge in [0.15, 0.2) is 17.5 Å². The van der Waals surface area contributed by atoms with Crippen LogP contribution in [0.5, 0.6) is 0 Å². The van der Waals surface area contributed by atoms with Gasteiger partial charge in [-0.15, -0.1) is 0 Å². The van der Waals surface area contributed by atoms with Gasteiger partial charge in [-0.25, -0.2) is 23.1 Å². The average Bonchev–Trinajstić information content (AvgIpc) is 2.38. The normalized spacial score (nSPS) is 10.7. The lowest BCUT2D eigenvalue weighted by Gasteiger charge is -2.10. The van der Waals surface area contributed by atoms with Gasteiger partial charge < -0.3 is 5.73 Å². The highest BCUT2D eigenvalue weighted by Crippen LogP contribution is 2.27. The molecule has 0 aliphatic rings. The van der Waals surface area contributed by atoms with E-state index in [0.29, 0.717) is 17.7 Å². The van der Waals surface area contributed by atoms with Crippen LogP contribution < -0.4 is 5.73 Å². The van der Waals surface area contributed by atoms with E-state index in [-0.39, 0.29) is 11.4 Å². The maximum atomic E-state index is 13.3. The molecule has 0 radical (unpaired) electrons. The molecule has 2 rings (SSSR count). The molecule has 0 fully saturated rings. The molecule has 0 bridgehead atoms. The van der Waals surface area contributed by atoms with Crippen LogP contribution in [0.4, 0.5) is 19.0 Å². The predicted octanol–water partition coefficient (Wildman–Crippen LogP) is 3.10. The van der Waals surface area contributed by atoms with Crippen LogP contribution in [0.25, 0.3) is 11.3 Å². The van der Waals surface area contributed by atoms with Gasteiger partial charge in [0.2, 0.25) is 0 Å². The number of aromatic nitrogens is 2. The molecule has 1 aromatic heterocycles. The molecule has 19 heavy (non-hydrogen) atoms. The zero-order valence-electron chi connectivity index (χ0n) is 10.3. The van der Waals surface area contributed by atoms with Crippen molar-refractivity contribution in [2.45, 2.75) is 19.8 Å². The van der Waals surface area contributed by atoms with Gasteiger partial charge in [-0.1, -0.05) is 13.3 Å². The van der Waals surface area contributed by atoms with Crippen molar-refractivity contribution in [3.8, 4) is 11.3 Å². The maximum Gasteiger partial charge on any atom is 0.194 e. The molecule has 0 saturated carbocycles. The van der Waals surface area contributed by atoms with Gasteiger partial charge in [-0.05, 0) is 18.6 Å². The monoisotopic (exact) mass is 267 g/mol. The van der Waals surface area contributed by atoms with Gasteiger partial charge in [0.05, 0.1) is 5.69 Å². The minimum Gasteiger partial charge on any atom is -0.383 e. The molecule has 2 aromatic rings. The first kappa shape index (κ1) is 13.3. The molecule has 0 amide bonds. The Hall–Kier alpha value is -2.11. The summed E-state index contributed by atoms with van der Waals surface area (Å²) in [6.07, 6.45) is 2.56. The number of nitrogen functional groups attached to an aromatic ring is 1. The lowest BCUT2D eigenvalue weighted by molar-refractivity contribution is 0.447. The number of benzene rings is 1. The summed E-state index contributed by atoms with van der Waals surface area (Å²) in [5.74, 6) is -3.75. The summed E-state index contributed by atoms with van der Waals surface area (Å²) >= 11 is 0. The van der Waals surface area contributed by atoms with Gasteiger partial charge >= 0.3 is 0 Å². The lowest BCUT2D eigenvalue weighted by Crippen LogP contribution is -2.03. The summed E-state index contributed by atoms with van der Waals surface area (Å²) in [6.45, 7) is 1.93. The molecule has 100 valence electrons. The average molecular weight is 267 g/mol. The van der Waals surface area contributed by atoms with Crippen molar-refractivity contribution in [2.24, 2.45) is 0 Å². The number of hydrogen-bond acceptors (Lipinski definition) is 3. The highest BCUT2D eigenvalue weighted by Gasteiger charge is 2.16. The first-order chi connectivity index (χ1) is 9.04. The standard InChI is InChI=1S/C13H12F3N3/c1-2-3-8-12(18-6-19-13(8)17)7-4-9(14)11(16)10(15)5-7/h4-6H,2-3H2,1H3,(H2,17,18,19). The van der Waals surface area contributed by atoms with E-state index in [2.05, 4.69) is 9.97 Å². The molecule has 0 unspecified atom stereocenters. The van der Waals surface area contributed by atoms with Crippen molar-refractivity contribution in [2.75, 3.05) is 5.73 Å². The number of halogens is 3. The molecule has 6 heteroatoms. The van der Waals surface area contributed by atoms with Crippen LogP contribution in [0.3, 0.4) is 0 Å². The minimum atomic E-state index is -1.50. The van der Waals surface area contributed by atoms with Crippen LogP contribution in [0.2, 0.25) is 0 Å². The van der Waals surface area contributed by atoms with E-state index in [0.717, 1.165) is 18.6 Å². The van der Waals surface area contributed by atoms with E-state index in [1.165, 1.54) is 6.33 Å². The third kappa shape index (κ3) is 2.52. The smallest absolute Gasteiger partial charge is 0.194 e. The summed E-state index contributed by atoms with van der Waals surface area (Å²) in [7, 11) is 0. The highest BCUT2D eigenvalue weighted by molar-refractivity contribution is 5.67. The van der Waals surface area contributed by atoms with Gasteiger partial charge in [0, 0.05) is 11.1 Å². The fourth-order valence-corrected chi connectivity index (χ4v) is 1.86. The lowest BCUT2D eigenvalue weighted by atomic mass is 10.0. The summed E-state index contributed by atoms with van der Waals surface area (Å²) in [4.78, 5) is 7.84. The number of hydrogen-bond donors (Lipinski definition) is 1. The van der Waals surface area contributed by atoms with Gasteiger partial charge in [-0.3, -0.25) is 0 Å². The van der Waals surface area contributed by atoms with Crippen LogP contribution in [0, 0.1) is 17.5 Å². The van der Waals surface area contributed by atoms with Crippen LogP contribution in [-0.4, -0.2) is 9.97 Å². The maximum absolute atomic E-state index is 13.3. The van der Waals surface area contributed by atoms with Crippen molar-refractivity contribution in [1.29, 1.82) is 0 Å². The number of nitrogens with two attached hydrogens (primary N) is 1. The summed E-state index contributed by atoms with van der Waals surface area (Å²) in [5, 5.41) is 0. The Bertz CT molecular complexity index is 591. The van der Waals surface area contributed by atoms with E-state index < -0.39 is 17.5 Å². The van der Waals surface area contributed by atoms with Crippen LogP contribution in [-0.2, 0) is 6.42 Å². The molecule has 0 aliphatic carbocycles. The predicted molar refractivity (Wildman–Crippen MR) is 65.7 cm³/mol. The number of anilines is 1. The van der Waals surface area contributed by atoms with Crippen LogP contribution in [0.15, 0.2) is 18.5 Å². The fourth-order valence-electron chi connectivity index (χ4n) is 1.86. The molecule has 0 saturated heterocycles. The van der Waals surface area contributed by atoms with Crippen molar-refractivity contribution >= 4 is 5.82 Å². The summed E-state index contributed by atoms with van der Waals surface area (Å²) < 4.78 is 39.5. The SMILES string of the molecule is CCCc1c(N)ncnc1-c1cc(F)c(F)c(F)c1. The second-order valence-electron chi connectivity index (χ2n) is 4.09. The third-order valence-electron chi connectivity index (χ3n) is 2.74. The Morgan fingerprint density at radius 1 is 1.11 bits per heavy atom. The highest BCUT2D eigenvalue weighted by atomic mass is 19.2. The Morgan fingerprint density at radius 2 is 1.74 bits per heavy atom. The van der Waals surface area contributed by atoms with Gasteiger partial charge in [0.1, 0.15) is 12.1 Å². The van der Waals surface area contributed by atoms with E-state index >= 15 is 0 Å². The summed E-state index contributed by atoms with van der Waals surface area (Å²) in [6, 6.07) is 1.80. The number of rotatable bonds is 3. The fraction of sp³-hybridized carbons (Fsp3) is 0.231. The van der Waals surface area contributed by atoms with E-state index in [1.807, 2.05) is 6.92 Å². The van der Waals surface area contributed by atoms with Crippen molar-refractivity contribution in [3.63, 3.8) is 0 Å². The van der Waals surface area contributed by atoms with E-state index in [1.54, 1.807) is 0 Å². The molecule has 0 aliphatic heterocycles. The van der Waals surface area contributed by atoms with E-state index in [4.69, 9.17) is 5.73 Å². The second kappa shape index (κ2) is 5.26. The first-order valence-electron chi connectivity index (χ1n) is 5.78. The van der Waals surface area contributed by atoms with Crippen LogP contribution >= 0.6 is 0 Å². The molecule has 1 aromatic carbocycles. The molecule has 0 atom stereocenters. The second-order valence-corrected chi connectivity index (χ2v) is 4.09. The van der Waals surface area contributed by atoms with Crippen molar-refractivity contribution in [3.05, 3.63) is 41.5 Å². The molecular weight excluding hydrogens is 255 g/mol. The topological polar surface area (TPSA) is 51.8 Å². The zero-order chi connectivity index (χ0) is 14.0. The third-order valence-corrected chi connectivity index (χ3v) is 2.74. The molecular formula is C13H12F3N3. The quantitative estimate of drug-likeness (QED) is 0.869. The van der Waals surface area contributed by atoms with Crippen molar-refractivity contribution < 1.29 is 13.2 Å². The number of nitrogens with zero attached hydrogens (tertiary/aromatic N) is 2. The Morgan fingerprint density at radius 3 is 2.32 bits per heavy atom.